The normalized spacial score (nSPS) is 15.5. The van der Waals surface area contributed by atoms with Gasteiger partial charge in [-0.2, -0.15) is 0 Å². The zero-order valence-corrected chi connectivity index (χ0v) is 88.3. The van der Waals surface area contributed by atoms with Gasteiger partial charge in [-0.15, -0.1) is 0 Å². The Labute approximate surface area is 773 Å². The predicted octanol–water partition coefficient (Wildman–Crippen LogP) is 40.2. The molecule has 0 saturated carbocycles. The van der Waals surface area contributed by atoms with Gasteiger partial charge in [0, 0.05) is 68.9 Å². The fraction of sp³-hybridized carbons (Fsp3) is 0.467. The lowest BCUT2D eigenvalue weighted by Crippen LogP contribution is -2.36. The molecule has 0 spiro atoms. The molecule has 2 aliphatic heterocycles. The second-order valence-corrected chi connectivity index (χ2v) is 23.5. The summed E-state index contributed by atoms with van der Waals surface area (Å²) in [4.78, 5) is 9.88. The Bertz CT molecular complexity index is 3790. The first-order valence-corrected chi connectivity index (χ1v) is 50.9. The molecule has 6 atom stereocenters. The smallest absolute Gasteiger partial charge is 0.0626 e. The summed E-state index contributed by atoms with van der Waals surface area (Å²) in [6.07, 6.45) is 40.9. The van der Waals surface area contributed by atoms with Gasteiger partial charge >= 0.3 is 0 Å². The van der Waals surface area contributed by atoms with Crippen molar-refractivity contribution >= 4 is 45.5 Å². The van der Waals surface area contributed by atoms with Crippen LogP contribution in [-0.4, -0.2) is 18.1 Å². The van der Waals surface area contributed by atoms with Crippen LogP contribution >= 0.6 is 0 Å². The van der Waals surface area contributed by atoms with Crippen molar-refractivity contribution in [2.75, 3.05) is 19.6 Å². The fourth-order valence-corrected chi connectivity index (χ4v) is 14.2. The molecule has 8 aromatic carbocycles. The zero-order valence-electron chi connectivity index (χ0n) is 88.3. The fourth-order valence-electron chi connectivity index (χ4n) is 14.2. The molecule has 1 fully saturated rings. The second kappa shape index (κ2) is 88.7. The Kier molecular flexibility index (Phi) is 91.6. The average molecular weight is 1690 g/mol. The Hall–Kier alpha value is -9.12. The number of rotatable bonds is 9. The molecule has 0 amide bonds. The van der Waals surface area contributed by atoms with Crippen LogP contribution in [0.5, 0.6) is 0 Å². The lowest BCUT2D eigenvalue weighted by atomic mass is 9.80. The number of allylic oxidation sites excluding steroid dienone is 10. The maximum absolute atomic E-state index is 2.61. The highest BCUT2D eigenvalue weighted by Gasteiger charge is 2.46. The SMILES string of the molecule is C1=CC2c3ccccc3N(C3=CC4=C(CC3)CC4)C2C=C1.CC.CC.CC.CC.CC.CC.CC.CC.CC.CC.CC.CC.CC.CC.CC.CC.CC.CC.CC.CC.CCc1cccc(N2C3C=CC=CC3C3C=CC=CC32)c1.c1ccc(N(c2ccccc2)c2ccc3c(c2)CC3)cc1.c1ccc(N(c2ccccc2)c2cccc3c2CC3)cc1. The van der Waals surface area contributed by atoms with E-state index in [-0.39, 0.29) is 0 Å². The van der Waals surface area contributed by atoms with Gasteiger partial charge in [-0.3, -0.25) is 0 Å². The van der Waals surface area contributed by atoms with Crippen molar-refractivity contribution in [1.82, 2.24) is 0 Å². The summed E-state index contributed by atoms with van der Waals surface area (Å²) < 4.78 is 0. The van der Waals surface area contributed by atoms with E-state index in [0.717, 1.165) is 6.42 Å². The molecule has 8 aromatic rings. The molecular weight excluding hydrogens is 1500 g/mol. The van der Waals surface area contributed by atoms with Crippen LogP contribution in [0, 0.1) is 11.8 Å². The predicted molar refractivity (Wildman–Crippen MR) is 581 cm³/mol. The third-order valence-corrected chi connectivity index (χ3v) is 18.7. The molecule has 2 heterocycles. The van der Waals surface area contributed by atoms with Crippen molar-refractivity contribution in [2.24, 2.45) is 11.8 Å². The quantitative estimate of drug-likeness (QED) is 0.143. The van der Waals surface area contributed by atoms with E-state index < -0.39 is 0 Å². The van der Waals surface area contributed by atoms with Crippen molar-refractivity contribution in [3.8, 4) is 0 Å². The van der Waals surface area contributed by atoms with Crippen molar-refractivity contribution < 1.29 is 0 Å². The first-order valence-electron chi connectivity index (χ1n) is 50.9. The Morgan fingerprint density at radius 2 is 0.661 bits per heavy atom. The molecule has 0 radical (unpaired) electrons. The summed E-state index contributed by atoms with van der Waals surface area (Å²) >= 11 is 0. The molecule has 7 aliphatic carbocycles. The van der Waals surface area contributed by atoms with Crippen LogP contribution in [0.4, 0.5) is 45.5 Å². The van der Waals surface area contributed by atoms with E-state index in [2.05, 4.69) is 312 Å². The standard InChI is InChI=1S/C20H19N.2C20H17N.C20H21N.20C2H6/c1-3-7-19-17(5-1)18-6-2-4-8-20(18)21(19)16-12-11-14-9-10-15(14)13-16;1-3-9-17(10-4-1)21(18-11-5-2-6-12-18)20-13-7-8-16-14-15-19(16)20;1-3-7-18(8-4-1)21(19-9-5-2-6-10-19)20-14-13-16-11-12-17(16)15-20;1-2-15-8-7-9-16(14-15)21-19-12-5-3-10-17(19)18-11-4-6-13-20(18)21;20*1-2/h1-8,13,17,19H,9-12H2;1-13H,14-15H2;1-10,13-15H,11-12H2;3-14,17-20H,2H2,1H3;20*1-2H3. The minimum Gasteiger partial charge on any atom is -0.357 e. The summed E-state index contributed by atoms with van der Waals surface area (Å²) in [5.41, 5.74) is 23.9. The third-order valence-electron chi connectivity index (χ3n) is 18.7. The Balaban J connectivity index is -0.000000259. The molecule has 6 unspecified atom stereocenters. The van der Waals surface area contributed by atoms with E-state index >= 15 is 0 Å². The van der Waals surface area contributed by atoms with Gasteiger partial charge in [0.05, 0.1) is 18.1 Å². The van der Waals surface area contributed by atoms with Gasteiger partial charge in [0.2, 0.25) is 0 Å². The van der Waals surface area contributed by atoms with E-state index in [1.165, 1.54) is 136 Å². The van der Waals surface area contributed by atoms with Gasteiger partial charge in [-0.25, -0.2) is 0 Å². The van der Waals surface area contributed by atoms with Gasteiger partial charge in [0.25, 0.3) is 0 Å². The molecular formula is C120H194N4. The molecule has 4 heteroatoms. The van der Waals surface area contributed by atoms with E-state index in [4.69, 9.17) is 0 Å². The van der Waals surface area contributed by atoms with Gasteiger partial charge in [-0.05, 0) is 188 Å². The highest BCUT2D eigenvalue weighted by atomic mass is 15.2. The highest BCUT2D eigenvalue weighted by Crippen LogP contribution is 2.50. The number of anilines is 8. The van der Waals surface area contributed by atoms with Gasteiger partial charge in [0.15, 0.2) is 0 Å². The van der Waals surface area contributed by atoms with Crippen LogP contribution in [-0.2, 0) is 32.1 Å². The Morgan fingerprint density at radius 1 is 0.282 bits per heavy atom. The van der Waals surface area contributed by atoms with Crippen LogP contribution in [0.1, 0.15) is 349 Å². The van der Waals surface area contributed by atoms with Crippen LogP contribution in [0.25, 0.3) is 0 Å². The number of hydrogen-bond acceptors (Lipinski definition) is 4. The number of benzene rings is 8. The highest BCUT2D eigenvalue weighted by molar-refractivity contribution is 5.81. The molecule has 17 rings (SSSR count). The maximum atomic E-state index is 2.61. The maximum Gasteiger partial charge on any atom is 0.0626 e. The minimum atomic E-state index is 0.473. The summed E-state index contributed by atoms with van der Waals surface area (Å²) in [6, 6.07) is 75.2. The average Bonchev–Trinajstić information content (AvgIpc) is 1.66. The summed E-state index contributed by atoms with van der Waals surface area (Å²) in [7, 11) is 0. The number of nitrogens with zero attached hydrogens (tertiary/aromatic N) is 4. The van der Waals surface area contributed by atoms with Crippen LogP contribution in [0.3, 0.4) is 0 Å². The lowest BCUT2D eigenvalue weighted by molar-refractivity contribution is 0.527. The van der Waals surface area contributed by atoms with E-state index in [0.29, 0.717) is 35.9 Å². The van der Waals surface area contributed by atoms with Crippen molar-refractivity contribution in [2.45, 2.75) is 366 Å². The number of aryl methyl sites for hydroxylation is 4. The molecule has 0 bridgehead atoms. The largest absolute Gasteiger partial charge is 0.357 e. The topological polar surface area (TPSA) is 13.0 Å². The number of para-hydroxylation sites is 5. The van der Waals surface area contributed by atoms with Crippen molar-refractivity contribution in [3.05, 3.63) is 335 Å². The van der Waals surface area contributed by atoms with Crippen LogP contribution < -0.4 is 19.6 Å². The number of hydrogen-bond donors (Lipinski definition) is 0. The second-order valence-electron chi connectivity index (χ2n) is 23.5. The van der Waals surface area contributed by atoms with Crippen molar-refractivity contribution in [1.29, 1.82) is 0 Å². The molecule has 4 nitrogen and oxygen atoms in total. The van der Waals surface area contributed by atoms with Crippen LogP contribution in [0.2, 0.25) is 0 Å². The summed E-state index contributed by atoms with van der Waals surface area (Å²) in [5, 5.41) is 0. The molecule has 694 valence electrons. The van der Waals surface area contributed by atoms with Gasteiger partial charge in [-0.1, -0.05) is 484 Å². The summed E-state index contributed by atoms with van der Waals surface area (Å²) in [5.74, 6) is 1.70. The van der Waals surface area contributed by atoms with Gasteiger partial charge in [0.1, 0.15) is 0 Å². The zero-order chi connectivity index (χ0) is 96.2. The molecule has 0 N–H and O–H groups in total. The molecule has 0 aromatic heterocycles. The monoisotopic (exact) mass is 1690 g/mol. The minimum absolute atomic E-state index is 0.473. The lowest BCUT2D eigenvalue weighted by Gasteiger charge is -2.35. The molecule has 1 saturated heterocycles. The first-order chi connectivity index (χ1) is 61.6. The van der Waals surface area contributed by atoms with E-state index in [1.807, 2.05) is 277 Å². The van der Waals surface area contributed by atoms with Gasteiger partial charge < -0.3 is 19.6 Å². The van der Waals surface area contributed by atoms with Crippen LogP contribution in [0.15, 0.2) is 302 Å². The van der Waals surface area contributed by atoms with E-state index in [9.17, 15) is 0 Å². The Morgan fingerprint density at radius 3 is 1.05 bits per heavy atom. The van der Waals surface area contributed by atoms with E-state index in [1.54, 1.807) is 11.1 Å². The molecule has 9 aliphatic rings. The molecule has 124 heavy (non-hydrogen) atoms. The third kappa shape index (κ3) is 39.2. The first kappa shape index (κ1) is 128. The summed E-state index contributed by atoms with van der Waals surface area (Å²) in [6.45, 7) is 82.2. The number of fused-ring (bicyclic) bond motifs is 8. The van der Waals surface area contributed by atoms with Crippen molar-refractivity contribution in [3.63, 3.8) is 0 Å².